The summed E-state index contributed by atoms with van der Waals surface area (Å²) in [6.07, 6.45) is 2.50. The van der Waals surface area contributed by atoms with E-state index in [0.717, 1.165) is 41.3 Å². The fraction of sp³-hybridized carbons (Fsp3) is 0.556. The molecule has 26 heavy (non-hydrogen) atoms. The maximum Gasteiger partial charge on any atom is 0.243 e. The quantitative estimate of drug-likeness (QED) is 0.765. The number of fused-ring (bicyclic) bond motifs is 3. The van der Waals surface area contributed by atoms with Crippen molar-refractivity contribution in [3.8, 4) is 0 Å². The number of nitrogens with one attached hydrogen (secondary N) is 1. The third-order valence-electron chi connectivity index (χ3n) is 5.92. The molecule has 1 saturated carbocycles. The molecule has 1 N–H and O–H groups in total. The predicted molar refractivity (Wildman–Crippen MR) is 103 cm³/mol. The van der Waals surface area contributed by atoms with Gasteiger partial charge in [-0.05, 0) is 57.1 Å². The number of rotatable bonds is 3. The predicted octanol–water partition coefficient (Wildman–Crippen LogP) is 2.83. The van der Waals surface area contributed by atoms with Gasteiger partial charge in [-0.25, -0.2) is 9.50 Å². The van der Waals surface area contributed by atoms with E-state index in [1.807, 2.05) is 17.5 Å². The molecule has 4 heterocycles. The lowest BCUT2D eigenvalue weighted by atomic mass is 9.92. The third-order valence-corrected chi connectivity index (χ3v) is 6.79. The van der Waals surface area contributed by atoms with E-state index in [2.05, 4.69) is 39.5 Å². The number of piperidine rings is 1. The molecule has 8 heteroatoms. The van der Waals surface area contributed by atoms with Crippen molar-refractivity contribution in [1.29, 1.82) is 0 Å². The van der Waals surface area contributed by atoms with Gasteiger partial charge in [-0.1, -0.05) is 6.07 Å². The zero-order valence-corrected chi connectivity index (χ0v) is 16.1. The van der Waals surface area contributed by atoms with Gasteiger partial charge in [0.1, 0.15) is 5.82 Å². The molecular weight excluding hydrogens is 346 g/mol. The third kappa shape index (κ3) is 2.55. The normalized spacial score (nSPS) is 25.2. The van der Waals surface area contributed by atoms with E-state index < -0.39 is 0 Å². The van der Waals surface area contributed by atoms with Crippen LogP contribution >= 0.6 is 11.5 Å². The van der Waals surface area contributed by atoms with Gasteiger partial charge in [0.25, 0.3) is 0 Å². The van der Waals surface area contributed by atoms with Crippen LogP contribution in [-0.2, 0) is 0 Å². The van der Waals surface area contributed by atoms with Gasteiger partial charge in [0.15, 0.2) is 5.65 Å². The monoisotopic (exact) mass is 369 g/mol. The van der Waals surface area contributed by atoms with Gasteiger partial charge < -0.3 is 10.2 Å². The first-order valence-corrected chi connectivity index (χ1v) is 10.0. The van der Waals surface area contributed by atoms with E-state index in [1.165, 1.54) is 29.9 Å². The van der Waals surface area contributed by atoms with Crippen molar-refractivity contribution in [3.05, 3.63) is 29.2 Å². The molecule has 0 amide bonds. The highest BCUT2D eigenvalue weighted by Crippen LogP contribution is 2.40. The van der Waals surface area contributed by atoms with E-state index in [4.69, 9.17) is 10.1 Å². The lowest BCUT2D eigenvalue weighted by molar-refractivity contribution is 0.376. The molecule has 1 aliphatic carbocycles. The molecule has 5 rings (SSSR count). The first-order valence-electron chi connectivity index (χ1n) is 9.23. The maximum absolute atomic E-state index is 4.70. The summed E-state index contributed by atoms with van der Waals surface area (Å²) in [5, 5.41) is 9.42. The van der Waals surface area contributed by atoms with Gasteiger partial charge >= 0.3 is 0 Å². The lowest BCUT2D eigenvalue weighted by Gasteiger charge is -2.37. The first-order chi connectivity index (χ1) is 12.6. The smallest absolute Gasteiger partial charge is 0.243 e. The largest absolute Gasteiger partial charge is 0.349 e. The van der Waals surface area contributed by atoms with Crippen LogP contribution in [0.5, 0.6) is 0 Å². The zero-order chi connectivity index (χ0) is 17.8. The van der Waals surface area contributed by atoms with Crippen LogP contribution in [0.2, 0.25) is 0 Å². The van der Waals surface area contributed by atoms with Crippen LogP contribution in [-0.4, -0.2) is 43.1 Å². The van der Waals surface area contributed by atoms with Crippen molar-refractivity contribution in [1.82, 2.24) is 24.0 Å². The molecule has 1 saturated heterocycles. The van der Waals surface area contributed by atoms with Crippen LogP contribution in [0.1, 0.15) is 29.9 Å². The highest BCUT2D eigenvalue weighted by atomic mass is 32.1. The molecule has 0 aromatic carbocycles. The standard InChI is InChI=1S/C18H23N7S/c1-10-4-7-15-20-17(22-25(15)11(10)2)21-16-13-5-6-14(16)9-24(8-13)18-19-12(3)23-26-18/h4,7,13-14,16H,5-6,8-9H2,1-3H3,(H,21,22)/t13-,14+,16?. The molecule has 7 nitrogen and oxygen atoms in total. The van der Waals surface area contributed by atoms with E-state index in [-0.39, 0.29) is 0 Å². The number of aryl methyl sites for hydroxylation is 3. The Balaban J connectivity index is 1.36. The summed E-state index contributed by atoms with van der Waals surface area (Å²) in [7, 11) is 0. The van der Waals surface area contributed by atoms with Crippen LogP contribution in [0.15, 0.2) is 12.1 Å². The van der Waals surface area contributed by atoms with Gasteiger partial charge in [0.05, 0.1) is 0 Å². The second-order valence-electron chi connectivity index (χ2n) is 7.60. The van der Waals surface area contributed by atoms with Crippen molar-refractivity contribution in [2.24, 2.45) is 11.8 Å². The van der Waals surface area contributed by atoms with Gasteiger partial charge in [-0.3, -0.25) is 0 Å². The van der Waals surface area contributed by atoms with Crippen molar-refractivity contribution in [3.63, 3.8) is 0 Å². The van der Waals surface area contributed by atoms with Crippen LogP contribution in [0.4, 0.5) is 11.1 Å². The average Bonchev–Trinajstić information content (AvgIpc) is 3.29. The fourth-order valence-electron chi connectivity index (χ4n) is 4.41. The number of hydrogen-bond donors (Lipinski definition) is 1. The number of hydrogen-bond acceptors (Lipinski definition) is 7. The molecule has 3 aromatic rings. The van der Waals surface area contributed by atoms with Crippen LogP contribution in [0, 0.1) is 32.6 Å². The van der Waals surface area contributed by atoms with E-state index in [0.29, 0.717) is 17.9 Å². The topological polar surface area (TPSA) is 71.2 Å². The summed E-state index contributed by atoms with van der Waals surface area (Å²) < 4.78 is 6.28. The van der Waals surface area contributed by atoms with Crippen LogP contribution < -0.4 is 10.2 Å². The van der Waals surface area contributed by atoms with Gasteiger partial charge in [-0.2, -0.15) is 9.36 Å². The Hall–Kier alpha value is -2.22. The van der Waals surface area contributed by atoms with Crippen molar-refractivity contribution >= 4 is 28.3 Å². The van der Waals surface area contributed by atoms with Gasteiger partial charge in [0.2, 0.25) is 11.1 Å². The molecule has 1 unspecified atom stereocenters. The number of nitrogens with zero attached hydrogens (tertiary/aromatic N) is 6. The molecule has 136 valence electrons. The Morgan fingerprint density at radius 1 is 1.08 bits per heavy atom. The molecule has 2 fully saturated rings. The molecule has 0 radical (unpaired) electrons. The van der Waals surface area contributed by atoms with E-state index >= 15 is 0 Å². The molecule has 0 spiro atoms. The number of aromatic nitrogens is 5. The summed E-state index contributed by atoms with van der Waals surface area (Å²) in [6.45, 7) is 8.23. The Morgan fingerprint density at radius 2 is 1.85 bits per heavy atom. The van der Waals surface area contributed by atoms with E-state index in [1.54, 1.807) is 0 Å². The summed E-state index contributed by atoms with van der Waals surface area (Å²) in [5.41, 5.74) is 3.28. The Morgan fingerprint density at radius 3 is 2.54 bits per heavy atom. The molecule has 3 aromatic heterocycles. The summed E-state index contributed by atoms with van der Waals surface area (Å²) >= 11 is 1.52. The second kappa shape index (κ2) is 5.90. The summed E-state index contributed by atoms with van der Waals surface area (Å²) in [5.74, 6) is 2.83. The Kier molecular flexibility index (Phi) is 3.63. The average molecular weight is 369 g/mol. The highest BCUT2D eigenvalue weighted by Gasteiger charge is 2.43. The van der Waals surface area contributed by atoms with Crippen molar-refractivity contribution in [2.45, 2.75) is 39.7 Å². The fourth-order valence-corrected chi connectivity index (χ4v) is 5.10. The number of anilines is 2. The molecular formula is C18H23N7S. The summed E-state index contributed by atoms with van der Waals surface area (Å²) in [6, 6.07) is 4.59. The van der Waals surface area contributed by atoms with E-state index in [9.17, 15) is 0 Å². The minimum Gasteiger partial charge on any atom is -0.349 e. The second-order valence-corrected chi connectivity index (χ2v) is 8.33. The molecule has 2 bridgehead atoms. The lowest BCUT2D eigenvalue weighted by Crippen LogP contribution is -2.48. The van der Waals surface area contributed by atoms with Crippen LogP contribution in [0.3, 0.4) is 0 Å². The summed E-state index contributed by atoms with van der Waals surface area (Å²) in [4.78, 5) is 11.7. The van der Waals surface area contributed by atoms with Crippen molar-refractivity contribution < 1.29 is 0 Å². The Bertz CT molecular complexity index is 948. The van der Waals surface area contributed by atoms with Crippen LogP contribution in [0.25, 0.3) is 5.65 Å². The molecule has 3 atom stereocenters. The first kappa shape index (κ1) is 16.0. The minimum atomic E-state index is 0.444. The molecule has 1 aliphatic heterocycles. The number of pyridine rings is 1. The van der Waals surface area contributed by atoms with Crippen molar-refractivity contribution in [2.75, 3.05) is 23.3 Å². The van der Waals surface area contributed by atoms with Gasteiger partial charge in [0, 0.05) is 36.4 Å². The molecule has 2 aliphatic rings. The zero-order valence-electron chi connectivity index (χ0n) is 15.3. The highest BCUT2D eigenvalue weighted by molar-refractivity contribution is 7.09. The minimum absolute atomic E-state index is 0.444. The SMILES string of the molecule is Cc1nsc(N2C[C@H]3CC[C@@H](C2)C3Nc2nc3ccc(C)c(C)n3n2)n1. The maximum atomic E-state index is 4.70. The van der Waals surface area contributed by atoms with Gasteiger partial charge in [-0.15, -0.1) is 5.10 Å². The Labute approximate surface area is 156 Å².